The molecule has 0 spiro atoms. The highest BCUT2D eigenvalue weighted by molar-refractivity contribution is 7.98. The summed E-state index contributed by atoms with van der Waals surface area (Å²) in [5, 5.41) is 4.93. The molecule has 2 aromatic heterocycles. The Bertz CT molecular complexity index is 958. The van der Waals surface area contributed by atoms with E-state index in [0.717, 1.165) is 17.8 Å². The van der Waals surface area contributed by atoms with Crippen molar-refractivity contribution in [1.82, 2.24) is 19.7 Å². The van der Waals surface area contributed by atoms with E-state index in [0.29, 0.717) is 10.9 Å². The van der Waals surface area contributed by atoms with Crippen LogP contribution in [0.25, 0.3) is 0 Å². The number of fused-ring (bicyclic) bond motifs is 1. The average molecular weight is 380 g/mol. The Morgan fingerprint density at radius 3 is 2.89 bits per heavy atom. The third-order valence-corrected chi connectivity index (χ3v) is 5.39. The van der Waals surface area contributed by atoms with Gasteiger partial charge in [0.25, 0.3) is 0 Å². The fourth-order valence-corrected chi connectivity index (χ4v) is 4.04. The Balaban J connectivity index is 1.45. The van der Waals surface area contributed by atoms with Crippen molar-refractivity contribution in [3.05, 3.63) is 59.9 Å². The van der Waals surface area contributed by atoms with Crippen LogP contribution in [-0.2, 0) is 23.5 Å². The van der Waals surface area contributed by atoms with E-state index in [1.807, 2.05) is 41.3 Å². The van der Waals surface area contributed by atoms with Crippen molar-refractivity contribution in [2.45, 2.75) is 36.8 Å². The molecule has 1 aliphatic rings. The van der Waals surface area contributed by atoms with Crippen LogP contribution in [0.1, 0.15) is 18.2 Å². The predicted octanol–water partition coefficient (Wildman–Crippen LogP) is 2.53. The van der Waals surface area contributed by atoms with Crippen LogP contribution in [-0.4, -0.2) is 31.7 Å². The van der Waals surface area contributed by atoms with Crippen molar-refractivity contribution in [2.24, 2.45) is 0 Å². The summed E-state index contributed by atoms with van der Waals surface area (Å²) in [7, 11) is 0. The molecule has 3 aromatic rings. The van der Waals surface area contributed by atoms with Gasteiger partial charge in [0.05, 0.1) is 5.69 Å². The van der Waals surface area contributed by atoms with Gasteiger partial charge in [-0.1, -0.05) is 36.0 Å². The molecular formula is C19H20N6OS. The number of nitrogens with two attached hydrogens (primary N) is 1. The Labute approximate surface area is 161 Å². The Hall–Kier alpha value is -2.87. The smallest absolute Gasteiger partial charge is 0.249 e. The molecule has 4 rings (SSSR count). The number of benzene rings is 1. The van der Waals surface area contributed by atoms with Crippen LogP contribution in [0, 0.1) is 0 Å². The molecule has 0 radical (unpaired) electrons. The van der Waals surface area contributed by atoms with E-state index in [9.17, 15) is 4.79 Å². The molecule has 1 unspecified atom stereocenters. The number of aromatic nitrogens is 4. The first-order valence-electron chi connectivity index (χ1n) is 8.75. The summed E-state index contributed by atoms with van der Waals surface area (Å²) in [6, 6.07) is 13.9. The fraction of sp³-hybridized carbons (Fsp3) is 0.263. The average Bonchev–Trinajstić information content (AvgIpc) is 3.19. The topological polar surface area (TPSA) is 89.9 Å². The van der Waals surface area contributed by atoms with Gasteiger partial charge in [-0.2, -0.15) is 4.98 Å². The minimum Gasteiger partial charge on any atom is -0.368 e. The molecule has 3 heterocycles. The molecule has 27 heavy (non-hydrogen) atoms. The summed E-state index contributed by atoms with van der Waals surface area (Å²) in [5.74, 6) is 0.853. The Kier molecular flexibility index (Phi) is 4.81. The van der Waals surface area contributed by atoms with Gasteiger partial charge in [-0.05, 0) is 37.1 Å². The molecule has 8 heteroatoms. The number of hydrogen-bond donors (Lipinski definition) is 1. The lowest BCUT2D eigenvalue weighted by atomic mass is 10.1. The fourth-order valence-electron chi connectivity index (χ4n) is 3.28. The summed E-state index contributed by atoms with van der Waals surface area (Å²) < 4.78 is 1.47. The van der Waals surface area contributed by atoms with E-state index < -0.39 is 0 Å². The van der Waals surface area contributed by atoms with E-state index in [2.05, 4.69) is 28.1 Å². The molecule has 1 atom stereocenters. The van der Waals surface area contributed by atoms with E-state index in [1.54, 1.807) is 6.20 Å². The largest absolute Gasteiger partial charge is 0.368 e. The van der Waals surface area contributed by atoms with Gasteiger partial charge >= 0.3 is 0 Å². The minimum atomic E-state index is -0.0367. The highest BCUT2D eigenvalue weighted by atomic mass is 32.2. The van der Waals surface area contributed by atoms with Crippen molar-refractivity contribution < 1.29 is 4.79 Å². The third-order valence-electron chi connectivity index (χ3n) is 4.52. The molecule has 7 nitrogen and oxygen atoms in total. The highest BCUT2D eigenvalue weighted by Crippen LogP contribution is 2.32. The summed E-state index contributed by atoms with van der Waals surface area (Å²) in [5.41, 5.74) is 9.08. The van der Waals surface area contributed by atoms with Crippen LogP contribution < -0.4 is 10.6 Å². The molecule has 1 amide bonds. The molecule has 2 N–H and O–H groups in total. The van der Waals surface area contributed by atoms with Gasteiger partial charge < -0.3 is 10.6 Å². The maximum absolute atomic E-state index is 12.9. The number of nitrogens with zero attached hydrogens (tertiary/aromatic N) is 5. The molecule has 0 bridgehead atoms. The number of amides is 1. The maximum Gasteiger partial charge on any atom is 0.249 e. The van der Waals surface area contributed by atoms with E-state index in [1.165, 1.54) is 22.0 Å². The lowest BCUT2D eigenvalue weighted by molar-refractivity contribution is -0.119. The number of carbonyl (C=O) groups is 1. The van der Waals surface area contributed by atoms with E-state index in [-0.39, 0.29) is 24.4 Å². The standard InChI is InChI=1S/C19H20N6OS/c1-13-10-14-6-2-3-8-16(14)25(13)17(26)11-24-18(20)22-19(23-24)27-12-15-7-4-5-9-21-15/h2-9,13H,10-12H2,1H3,(H2,20,22,23). The van der Waals surface area contributed by atoms with Gasteiger partial charge in [-0.3, -0.25) is 9.78 Å². The molecule has 1 aromatic carbocycles. The normalized spacial score (nSPS) is 15.7. The number of carbonyl (C=O) groups excluding carboxylic acids is 1. The van der Waals surface area contributed by atoms with Gasteiger partial charge in [-0.25, -0.2) is 4.68 Å². The van der Waals surface area contributed by atoms with Crippen LogP contribution in [0.5, 0.6) is 0 Å². The summed E-state index contributed by atoms with van der Waals surface area (Å²) in [6.45, 7) is 2.12. The maximum atomic E-state index is 12.9. The lowest BCUT2D eigenvalue weighted by Gasteiger charge is -2.22. The van der Waals surface area contributed by atoms with Crippen molar-refractivity contribution in [1.29, 1.82) is 0 Å². The second kappa shape index (κ2) is 7.40. The number of para-hydroxylation sites is 1. The first-order valence-corrected chi connectivity index (χ1v) is 9.73. The highest BCUT2D eigenvalue weighted by Gasteiger charge is 2.31. The molecule has 138 valence electrons. The van der Waals surface area contributed by atoms with Crippen LogP contribution in [0.4, 0.5) is 11.6 Å². The second-order valence-electron chi connectivity index (χ2n) is 6.47. The van der Waals surface area contributed by atoms with Gasteiger partial charge in [-0.15, -0.1) is 5.10 Å². The zero-order valence-electron chi connectivity index (χ0n) is 14.9. The first-order chi connectivity index (χ1) is 13.1. The number of pyridine rings is 1. The van der Waals surface area contributed by atoms with Crippen LogP contribution in [0.15, 0.2) is 53.8 Å². The van der Waals surface area contributed by atoms with Gasteiger partial charge in [0.15, 0.2) is 0 Å². The molecule has 0 aliphatic carbocycles. The van der Waals surface area contributed by atoms with Crippen LogP contribution in [0.2, 0.25) is 0 Å². The number of thioether (sulfide) groups is 1. The zero-order chi connectivity index (χ0) is 18.8. The number of rotatable bonds is 5. The van der Waals surface area contributed by atoms with Crippen molar-refractivity contribution >= 4 is 29.3 Å². The molecule has 0 fully saturated rings. The Morgan fingerprint density at radius 1 is 1.26 bits per heavy atom. The van der Waals surface area contributed by atoms with Crippen molar-refractivity contribution in [2.75, 3.05) is 10.6 Å². The van der Waals surface area contributed by atoms with Gasteiger partial charge in [0.2, 0.25) is 17.0 Å². The zero-order valence-corrected chi connectivity index (χ0v) is 15.8. The number of hydrogen-bond acceptors (Lipinski definition) is 6. The number of anilines is 2. The summed E-state index contributed by atoms with van der Waals surface area (Å²) >= 11 is 1.45. The third kappa shape index (κ3) is 3.66. The second-order valence-corrected chi connectivity index (χ2v) is 7.41. The number of nitrogen functional groups attached to an aromatic ring is 1. The van der Waals surface area contributed by atoms with Gasteiger partial charge in [0, 0.05) is 23.7 Å². The van der Waals surface area contributed by atoms with Crippen LogP contribution in [0.3, 0.4) is 0 Å². The first kappa shape index (κ1) is 17.5. The summed E-state index contributed by atoms with van der Waals surface area (Å²) in [4.78, 5) is 23.3. The summed E-state index contributed by atoms with van der Waals surface area (Å²) in [6.07, 6.45) is 2.62. The van der Waals surface area contributed by atoms with Crippen LogP contribution >= 0.6 is 11.8 Å². The Morgan fingerprint density at radius 2 is 2.07 bits per heavy atom. The molecule has 0 saturated heterocycles. The molecule has 1 aliphatic heterocycles. The predicted molar refractivity (Wildman–Crippen MR) is 105 cm³/mol. The quantitative estimate of drug-likeness (QED) is 0.684. The molecule has 0 saturated carbocycles. The monoisotopic (exact) mass is 380 g/mol. The van der Waals surface area contributed by atoms with Crippen molar-refractivity contribution in [3.63, 3.8) is 0 Å². The lowest BCUT2D eigenvalue weighted by Crippen LogP contribution is -2.38. The molecular weight excluding hydrogens is 360 g/mol. The van der Waals surface area contributed by atoms with E-state index >= 15 is 0 Å². The SMILES string of the molecule is CC1Cc2ccccc2N1C(=O)Cn1nc(SCc2ccccn2)nc1N. The van der Waals surface area contributed by atoms with Crippen molar-refractivity contribution in [3.8, 4) is 0 Å². The minimum absolute atomic E-state index is 0.0367. The van der Waals surface area contributed by atoms with E-state index in [4.69, 9.17) is 5.73 Å². The van der Waals surface area contributed by atoms with Gasteiger partial charge in [0.1, 0.15) is 6.54 Å².